The fraction of sp³-hybridized carbons (Fsp3) is 0.333. The molecule has 74 valence electrons. The van der Waals surface area contributed by atoms with E-state index in [1.165, 1.54) is 10.5 Å². The van der Waals surface area contributed by atoms with Crippen molar-refractivity contribution in [1.82, 2.24) is 0 Å². The molecule has 0 nitrogen and oxygen atoms in total. The molecule has 14 heavy (non-hydrogen) atoms. The van der Waals surface area contributed by atoms with Gasteiger partial charge in [-0.15, -0.1) is 23.5 Å². The van der Waals surface area contributed by atoms with Crippen molar-refractivity contribution in [3.8, 4) is 0 Å². The molecular formula is C12H14S2. The van der Waals surface area contributed by atoms with Gasteiger partial charge in [-0.2, -0.15) is 0 Å². The SMILES string of the molecule is C[C@@H]1SC=C(c2ccccc2)S[C@H]1C. The Morgan fingerprint density at radius 3 is 2.36 bits per heavy atom. The summed E-state index contributed by atoms with van der Waals surface area (Å²) >= 11 is 3.93. The van der Waals surface area contributed by atoms with Crippen molar-refractivity contribution in [1.29, 1.82) is 0 Å². The van der Waals surface area contributed by atoms with Gasteiger partial charge in [0, 0.05) is 15.4 Å². The van der Waals surface area contributed by atoms with Crippen LogP contribution >= 0.6 is 23.5 Å². The molecule has 1 aromatic carbocycles. The van der Waals surface area contributed by atoms with Gasteiger partial charge >= 0.3 is 0 Å². The fourth-order valence-corrected chi connectivity index (χ4v) is 3.65. The molecule has 0 radical (unpaired) electrons. The molecule has 1 heterocycles. The smallest absolute Gasteiger partial charge is 0.0211 e. The summed E-state index contributed by atoms with van der Waals surface area (Å²) < 4.78 is 0. The zero-order valence-electron chi connectivity index (χ0n) is 8.44. The molecule has 0 fully saturated rings. The van der Waals surface area contributed by atoms with Crippen molar-refractivity contribution in [2.24, 2.45) is 0 Å². The van der Waals surface area contributed by atoms with Crippen molar-refractivity contribution in [3.63, 3.8) is 0 Å². The molecular weight excluding hydrogens is 208 g/mol. The summed E-state index contributed by atoms with van der Waals surface area (Å²) in [4.78, 5) is 1.42. The zero-order valence-corrected chi connectivity index (χ0v) is 10.1. The molecule has 2 heteroatoms. The van der Waals surface area contributed by atoms with Gasteiger partial charge in [-0.3, -0.25) is 0 Å². The largest absolute Gasteiger partial charge is 0.129 e. The standard InChI is InChI=1S/C12H14S2/c1-9-10(2)14-12(8-13-9)11-6-4-3-5-7-11/h3-10H,1-2H3/t9-,10-/m0/s1. The first-order valence-electron chi connectivity index (χ1n) is 4.85. The molecule has 2 rings (SSSR count). The molecule has 0 N–H and O–H groups in total. The Morgan fingerprint density at radius 2 is 1.71 bits per heavy atom. The van der Waals surface area contributed by atoms with Crippen LogP contribution < -0.4 is 0 Å². The monoisotopic (exact) mass is 222 g/mol. The highest BCUT2D eigenvalue weighted by molar-refractivity contribution is 8.13. The molecule has 1 aliphatic rings. The Bertz CT molecular complexity index is 329. The topological polar surface area (TPSA) is 0 Å². The average molecular weight is 222 g/mol. The first-order valence-corrected chi connectivity index (χ1v) is 6.67. The fourth-order valence-electron chi connectivity index (χ4n) is 1.34. The van der Waals surface area contributed by atoms with Crippen LogP contribution in [0.5, 0.6) is 0 Å². The van der Waals surface area contributed by atoms with E-state index in [0.29, 0.717) is 5.25 Å². The van der Waals surface area contributed by atoms with Crippen molar-refractivity contribution < 1.29 is 0 Å². The Labute approximate surface area is 94.2 Å². The van der Waals surface area contributed by atoms with Crippen LogP contribution in [0.15, 0.2) is 35.7 Å². The minimum atomic E-state index is 0.709. The molecule has 0 saturated carbocycles. The maximum atomic E-state index is 2.30. The lowest BCUT2D eigenvalue weighted by Gasteiger charge is -2.24. The highest BCUT2D eigenvalue weighted by Crippen LogP contribution is 2.42. The van der Waals surface area contributed by atoms with Crippen LogP contribution in [0, 0.1) is 0 Å². The summed E-state index contributed by atoms with van der Waals surface area (Å²) in [5, 5.41) is 3.73. The van der Waals surface area contributed by atoms with Crippen LogP contribution in [-0.2, 0) is 0 Å². The summed E-state index contributed by atoms with van der Waals surface area (Å²) in [6.07, 6.45) is 0. The lowest BCUT2D eigenvalue weighted by Crippen LogP contribution is -2.14. The predicted octanol–water partition coefficient (Wildman–Crippen LogP) is 4.24. The highest BCUT2D eigenvalue weighted by Gasteiger charge is 2.19. The summed E-state index contributed by atoms with van der Waals surface area (Å²) in [6.45, 7) is 4.60. The van der Waals surface area contributed by atoms with Crippen LogP contribution in [0.25, 0.3) is 4.91 Å². The van der Waals surface area contributed by atoms with Gasteiger partial charge in [-0.25, -0.2) is 0 Å². The van der Waals surface area contributed by atoms with Crippen LogP contribution in [-0.4, -0.2) is 10.5 Å². The minimum Gasteiger partial charge on any atom is -0.129 e. The first kappa shape index (κ1) is 10.2. The second-order valence-electron chi connectivity index (χ2n) is 3.51. The van der Waals surface area contributed by atoms with E-state index in [-0.39, 0.29) is 0 Å². The third-order valence-electron chi connectivity index (χ3n) is 2.42. The molecule has 1 aliphatic heterocycles. The number of hydrogen-bond acceptors (Lipinski definition) is 2. The molecule has 0 aromatic heterocycles. The number of rotatable bonds is 1. The van der Waals surface area contributed by atoms with Crippen LogP contribution in [0.1, 0.15) is 19.4 Å². The summed E-state index contributed by atoms with van der Waals surface area (Å²) in [5.74, 6) is 0. The third-order valence-corrected chi connectivity index (χ3v) is 5.34. The van der Waals surface area contributed by atoms with E-state index in [1.54, 1.807) is 0 Å². The molecule has 0 saturated heterocycles. The van der Waals surface area contributed by atoms with Gasteiger partial charge in [0.2, 0.25) is 0 Å². The van der Waals surface area contributed by atoms with Gasteiger partial charge in [-0.05, 0) is 11.0 Å². The summed E-state index contributed by atoms with van der Waals surface area (Å²) in [5.41, 5.74) is 1.35. The summed E-state index contributed by atoms with van der Waals surface area (Å²) in [6, 6.07) is 10.6. The maximum absolute atomic E-state index is 2.30. The first-order chi connectivity index (χ1) is 6.77. The number of thioether (sulfide) groups is 2. The molecule has 0 bridgehead atoms. The molecule has 0 aliphatic carbocycles. The molecule has 0 amide bonds. The van der Waals surface area contributed by atoms with Crippen LogP contribution in [0.4, 0.5) is 0 Å². The molecule has 0 spiro atoms. The lowest BCUT2D eigenvalue weighted by atomic mass is 10.2. The molecule has 1 aromatic rings. The van der Waals surface area contributed by atoms with E-state index in [0.717, 1.165) is 5.25 Å². The Balaban J connectivity index is 2.21. The maximum Gasteiger partial charge on any atom is 0.0211 e. The van der Waals surface area contributed by atoms with Gasteiger partial charge in [-0.1, -0.05) is 44.2 Å². The van der Waals surface area contributed by atoms with Gasteiger partial charge < -0.3 is 0 Å². The second kappa shape index (κ2) is 4.45. The van der Waals surface area contributed by atoms with E-state index in [4.69, 9.17) is 0 Å². The quantitative estimate of drug-likeness (QED) is 0.697. The highest BCUT2D eigenvalue weighted by atomic mass is 32.2. The molecule has 2 atom stereocenters. The van der Waals surface area contributed by atoms with E-state index < -0.39 is 0 Å². The van der Waals surface area contributed by atoms with E-state index in [2.05, 4.69) is 49.6 Å². The number of benzene rings is 1. The Morgan fingerprint density at radius 1 is 1.00 bits per heavy atom. The minimum absolute atomic E-state index is 0.709. The lowest BCUT2D eigenvalue weighted by molar-refractivity contribution is 0.933. The van der Waals surface area contributed by atoms with Gasteiger partial charge in [0.25, 0.3) is 0 Å². The van der Waals surface area contributed by atoms with Crippen molar-refractivity contribution >= 4 is 28.4 Å². The second-order valence-corrected chi connectivity index (χ2v) is 6.18. The van der Waals surface area contributed by atoms with Gasteiger partial charge in [0.05, 0.1) is 0 Å². The van der Waals surface area contributed by atoms with Gasteiger partial charge in [0.15, 0.2) is 0 Å². The number of hydrogen-bond donors (Lipinski definition) is 0. The van der Waals surface area contributed by atoms with Crippen LogP contribution in [0.2, 0.25) is 0 Å². The average Bonchev–Trinajstić information content (AvgIpc) is 2.23. The summed E-state index contributed by atoms with van der Waals surface area (Å²) in [7, 11) is 0. The van der Waals surface area contributed by atoms with E-state index in [9.17, 15) is 0 Å². The Hall–Kier alpha value is -0.340. The predicted molar refractivity (Wildman–Crippen MR) is 68.5 cm³/mol. The van der Waals surface area contributed by atoms with E-state index in [1.807, 2.05) is 23.5 Å². The van der Waals surface area contributed by atoms with Crippen molar-refractivity contribution in [3.05, 3.63) is 41.3 Å². The Kier molecular flexibility index (Phi) is 3.24. The van der Waals surface area contributed by atoms with Gasteiger partial charge in [0.1, 0.15) is 0 Å². The van der Waals surface area contributed by atoms with Crippen LogP contribution in [0.3, 0.4) is 0 Å². The zero-order chi connectivity index (χ0) is 9.97. The van der Waals surface area contributed by atoms with Crippen molar-refractivity contribution in [2.75, 3.05) is 0 Å². The normalized spacial score (nSPS) is 27.1. The van der Waals surface area contributed by atoms with E-state index >= 15 is 0 Å². The third kappa shape index (κ3) is 2.18. The van der Waals surface area contributed by atoms with Crippen molar-refractivity contribution in [2.45, 2.75) is 24.3 Å². The molecule has 0 unspecified atom stereocenters.